The highest BCUT2D eigenvalue weighted by Gasteiger charge is 2.31. The molecule has 1 N–H and O–H groups in total. The third-order valence-corrected chi connectivity index (χ3v) is 2.51. The van der Waals surface area contributed by atoms with E-state index in [9.17, 15) is 22.4 Å². The molecule has 0 spiro atoms. The fraction of sp³-hybridized carbons (Fsp3) is 0.300. The summed E-state index contributed by atoms with van der Waals surface area (Å²) in [5, 5.41) is 2.08. The third-order valence-electron chi connectivity index (χ3n) is 1.90. The minimum atomic E-state index is -4.56. The van der Waals surface area contributed by atoms with Gasteiger partial charge in [-0.05, 0) is 40.5 Å². The van der Waals surface area contributed by atoms with Crippen LogP contribution >= 0.6 is 15.9 Å². The SMILES string of the molecule is Cc1cc(F)c(Br)cc1NC(=O)CC(F)(F)F. The van der Waals surface area contributed by atoms with Gasteiger partial charge in [-0.1, -0.05) is 0 Å². The zero-order chi connectivity index (χ0) is 13.2. The normalized spacial score (nSPS) is 11.4. The number of hydrogen-bond acceptors (Lipinski definition) is 1. The molecule has 17 heavy (non-hydrogen) atoms. The summed E-state index contributed by atoms with van der Waals surface area (Å²) in [6, 6.07) is 2.34. The zero-order valence-corrected chi connectivity index (χ0v) is 10.2. The highest BCUT2D eigenvalue weighted by Crippen LogP contribution is 2.25. The molecule has 0 saturated heterocycles. The average Bonchev–Trinajstić information content (AvgIpc) is 2.11. The van der Waals surface area contributed by atoms with Gasteiger partial charge in [0, 0.05) is 5.69 Å². The van der Waals surface area contributed by atoms with Crippen molar-refractivity contribution in [1.29, 1.82) is 0 Å². The summed E-state index contributed by atoms with van der Waals surface area (Å²) in [5.74, 6) is -1.73. The molecule has 0 aliphatic carbocycles. The van der Waals surface area contributed by atoms with Gasteiger partial charge in [0.25, 0.3) is 0 Å². The lowest BCUT2D eigenvalue weighted by atomic mass is 10.2. The smallest absolute Gasteiger partial charge is 0.326 e. The van der Waals surface area contributed by atoms with E-state index in [2.05, 4.69) is 21.2 Å². The Labute approximate surface area is 103 Å². The maximum Gasteiger partial charge on any atom is 0.397 e. The van der Waals surface area contributed by atoms with Gasteiger partial charge in [0.05, 0.1) is 4.47 Å². The quantitative estimate of drug-likeness (QED) is 0.827. The maximum absolute atomic E-state index is 13.0. The summed E-state index contributed by atoms with van der Waals surface area (Å²) in [6.07, 6.45) is -6.13. The minimum Gasteiger partial charge on any atom is -0.326 e. The lowest BCUT2D eigenvalue weighted by molar-refractivity contribution is -0.150. The number of halogens is 5. The molecule has 0 aliphatic rings. The Morgan fingerprint density at radius 2 is 2.00 bits per heavy atom. The molecule has 0 aliphatic heterocycles. The van der Waals surface area contributed by atoms with E-state index < -0.39 is 24.3 Å². The van der Waals surface area contributed by atoms with Crippen LogP contribution in [-0.2, 0) is 4.79 Å². The van der Waals surface area contributed by atoms with Crippen LogP contribution in [0.5, 0.6) is 0 Å². The van der Waals surface area contributed by atoms with Crippen LogP contribution in [0.3, 0.4) is 0 Å². The van der Waals surface area contributed by atoms with Gasteiger partial charge in [0.15, 0.2) is 0 Å². The Kier molecular flexibility index (Phi) is 4.13. The van der Waals surface area contributed by atoms with Crippen LogP contribution in [-0.4, -0.2) is 12.1 Å². The van der Waals surface area contributed by atoms with Crippen molar-refractivity contribution >= 4 is 27.5 Å². The Bertz CT molecular complexity index is 445. The Hall–Kier alpha value is -1.11. The first-order chi connectivity index (χ1) is 7.69. The van der Waals surface area contributed by atoms with Crippen molar-refractivity contribution in [2.75, 3.05) is 5.32 Å². The molecule has 0 bridgehead atoms. The van der Waals surface area contributed by atoms with E-state index in [1.807, 2.05) is 0 Å². The molecule has 7 heteroatoms. The van der Waals surface area contributed by atoms with Gasteiger partial charge >= 0.3 is 6.18 Å². The number of hydrogen-bond donors (Lipinski definition) is 1. The van der Waals surface area contributed by atoms with Crippen LogP contribution in [0.25, 0.3) is 0 Å². The minimum absolute atomic E-state index is 0.0745. The molecule has 0 atom stereocenters. The number of aryl methyl sites for hydroxylation is 1. The fourth-order valence-electron chi connectivity index (χ4n) is 1.16. The molecule has 1 amide bonds. The van der Waals surface area contributed by atoms with Crippen LogP contribution in [0.1, 0.15) is 12.0 Å². The van der Waals surface area contributed by atoms with Crippen molar-refractivity contribution in [3.05, 3.63) is 28.0 Å². The van der Waals surface area contributed by atoms with E-state index in [0.29, 0.717) is 5.56 Å². The second-order valence-corrected chi connectivity index (χ2v) is 4.28. The maximum atomic E-state index is 13.0. The number of rotatable bonds is 2. The molecular weight excluding hydrogens is 306 g/mol. The van der Waals surface area contributed by atoms with E-state index in [1.54, 1.807) is 0 Å². The Morgan fingerprint density at radius 3 is 2.53 bits per heavy atom. The standard InChI is InChI=1S/C10H8BrF4NO/c1-5-2-7(12)6(11)3-8(5)16-9(17)4-10(13,14)15/h2-3H,4H2,1H3,(H,16,17). The van der Waals surface area contributed by atoms with Gasteiger partial charge in [0.2, 0.25) is 5.91 Å². The molecule has 0 fully saturated rings. The molecule has 1 aromatic rings. The second kappa shape index (κ2) is 5.03. The summed E-state index contributed by atoms with van der Waals surface area (Å²) in [4.78, 5) is 11.0. The van der Waals surface area contributed by atoms with E-state index in [0.717, 1.165) is 6.07 Å². The molecule has 0 radical (unpaired) electrons. The van der Waals surface area contributed by atoms with Gasteiger partial charge in [-0.2, -0.15) is 13.2 Å². The first-order valence-electron chi connectivity index (χ1n) is 4.51. The predicted molar refractivity (Wildman–Crippen MR) is 58.1 cm³/mol. The van der Waals surface area contributed by atoms with Crippen molar-refractivity contribution in [2.45, 2.75) is 19.5 Å². The first kappa shape index (κ1) is 14.0. The van der Waals surface area contributed by atoms with E-state index in [1.165, 1.54) is 13.0 Å². The van der Waals surface area contributed by atoms with Crippen LogP contribution < -0.4 is 5.32 Å². The Morgan fingerprint density at radius 1 is 1.41 bits per heavy atom. The van der Waals surface area contributed by atoms with E-state index >= 15 is 0 Å². The first-order valence-corrected chi connectivity index (χ1v) is 5.30. The highest BCUT2D eigenvalue weighted by molar-refractivity contribution is 9.10. The van der Waals surface area contributed by atoms with Gasteiger partial charge in [-0.15, -0.1) is 0 Å². The number of amides is 1. The summed E-state index contributed by atoms with van der Waals surface area (Å²) in [5.41, 5.74) is 0.494. The average molecular weight is 314 g/mol. The van der Waals surface area contributed by atoms with Gasteiger partial charge in [-0.3, -0.25) is 4.79 Å². The summed E-state index contributed by atoms with van der Waals surface area (Å²) in [6.45, 7) is 1.48. The number of anilines is 1. The molecule has 0 heterocycles. The van der Waals surface area contributed by atoms with Crippen molar-refractivity contribution in [3.8, 4) is 0 Å². The number of nitrogens with one attached hydrogen (secondary N) is 1. The molecule has 1 aromatic carbocycles. The Balaban J connectivity index is 2.82. The summed E-state index contributed by atoms with van der Waals surface area (Å²) >= 11 is 2.88. The third kappa shape index (κ3) is 4.33. The molecule has 2 nitrogen and oxygen atoms in total. The van der Waals surface area contributed by atoms with Crippen molar-refractivity contribution in [1.82, 2.24) is 0 Å². The van der Waals surface area contributed by atoms with Crippen molar-refractivity contribution < 1.29 is 22.4 Å². The van der Waals surface area contributed by atoms with Gasteiger partial charge in [-0.25, -0.2) is 4.39 Å². The number of carbonyl (C=O) groups excluding carboxylic acids is 1. The molecular formula is C10H8BrF4NO. The largest absolute Gasteiger partial charge is 0.397 e. The van der Waals surface area contributed by atoms with Crippen LogP contribution in [0.2, 0.25) is 0 Å². The topological polar surface area (TPSA) is 29.1 Å². The lowest BCUT2D eigenvalue weighted by Gasteiger charge is -2.10. The van der Waals surface area contributed by atoms with Gasteiger partial charge < -0.3 is 5.32 Å². The number of benzene rings is 1. The van der Waals surface area contributed by atoms with Crippen LogP contribution in [0.15, 0.2) is 16.6 Å². The fourth-order valence-corrected chi connectivity index (χ4v) is 1.50. The lowest BCUT2D eigenvalue weighted by Crippen LogP contribution is -2.21. The number of carbonyl (C=O) groups is 1. The molecule has 0 saturated carbocycles. The van der Waals surface area contributed by atoms with E-state index in [-0.39, 0.29) is 10.2 Å². The summed E-state index contributed by atoms with van der Waals surface area (Å²) < 4.78 is 48.9. The molecule has 0 unspecified atom stereocenters. The predicted octanol–water partition coefficient (Wildman–Crippen LogP) is 3.79. The second-order valence-electron chi connectivity index (χ2n) is 3.42. The highest BCUT2D eigenvalue weighted by atomic mass is 79.9. The van der Waals surface area contributed by atoms with Crippen LogP contribution in [0.4, 0.5) is 23.2 Å². The monoisotopic (exact) mass is 313 g/mol. The van der Waals surface area contributed by atoms with Gasteiger partial charge in [0.1, 0.15) is 12.2 Å². The van der Waals surface area contributed by atoms with Crippen molar-refractivity contribution in [2.24, 2.45) is 0 Å². The molecule has 94 valence electrons. The van der Waals surface area contributed by atoms with E-state index in [4.69, 9.17) is 0 Å². The zero-order valence-electron chi connectivity index (χ0n) is 8.66. The van der Waals surface area contributed by atoms with Crippen molar-refractivity contribution in [3.63, 3.8) is 0 Å². The van der Waals surface area contributed by atoms with Crippen LogP contribution in [0, 0.1) is 12.7 Å². The molecule has 1 rings (SSSR count). The number of alkyl halides is 3. The molecule has 0 aromatic heterocycles. The summed E-state index contributed by atoms with van der Waals surface area (Å²) in [7, 11) is 0.